The van der Waals surface area contributed by atoms with Crippen molar-refractivity contribution in [2.75, 3.05) is 13.2 Å². The van der Waals surface area contributed by atoms with Crippen LogP contribution in [0.4, 0.5) is 0 Å². The van der Waals surface area contributed by atoms with E-state index in [1.807, 2.05) is 30.7 Å². The fraction of sp³-hybridized carbons (Fsp3) is 0.467. The SMILES string of the molecule is CC(C)(CO)CCCNC(=O)c1cnc(-c2ccsc2)s1. The van der Waals surface area contributed by atoms with Gasteiger partial charge in [0, 0.05) is 24.1 Å². The molecule has 0 aliphatic carbocycles. The Kier molecular flexibility index (Phi) is 5.50. The minimum atomic E-state index is -0.0820. The zero-order chi connectivity index (χ0) is 15.3. The van der Waals surface area contributed by atoms with Crippen LogP contribution >= 0.6 is 22.7 Å². The van der Waals surface area contributed by atoms with Crippen molar-refractivity contribution in [1.29, 1.82) is 0 Å². The van der Waals surface area contributed by atoms with Gasteiger partial charge in [0.05, 0.1) is 6.20 Å². The number of hydrogen-bond donors (Lipinski definition) is 2. The van der Waals surface area contributed by atoms with Gasteiger partial charge in [-0.25, -0.2) is 4.98 Å². The van der Waals surface area contributed by atoms with E-state index < -0.39 is 0 Å². The molecule has 2 aromatic rings. The Hall–Kier alpha value is -1.24. The van der Waals surface area contributed by atoms with Gasteiger partial charge in [-0.2, -0.15) is 11.3 Å². The maximum Gasteiger partial charge on any atom is 0.263 e. The van der Waals surface area contributed by atoms with Crippen LogP contribution in [0.2, 0.25) is 0 Å². The molecule has 2 rings (SSSR count). The summed E-state index contributed by atoms with van der Waals surface area (Å²) >= 11 is 3.03. The molecule has 0 spiro atoms. The van der Waals surface area contributed by atoms with Gasteiger partial charge in [-0.1, -0.05) is 13.8 Å². The van der Waals surface area contributed by atoms with Gasteiger partial charge >= 0.3 is 0 Å². The molecule has 0 saturated heterocycles. The molecule has 2 heterocycles. The lowest BCUT2D eigenvalue weighted by Gasteiger charge is -2.21. The van der Waals surface area contributed by atoms with E-state index in [0.29, 0.717) is 11.4 Å². The molecule has 0 fully saturated rings. The van der Waals surface area contributed by atoms with Gasteiger partial charge in [-0.15, -0.1) is 11.3 Å². The third kappa shape index (κ3) is 4.62. The summed E-state index contributed by atoms with van der Waals surface area (Å²) in [5.74, 6) is -0.0733. The average molecular weight is 324 g/mol. The topological polar surface area (TPSA) is 62.2 Å². The van der Waals surface area contributed by atoms with Crippen LogP contribution in [0.15, 0.2) is 23.0 Å². The lowest BCUT2D eigenvalue weighted by atomic mass is 9.89. The maximum atomic E-state index is 12.0. The van der Waals surface area contributed by atoms with Gasteiger partial charge in [0.25, 0.3) is 5.91 Å². The summed E-state index contributed by atoms with van der Waals surface area (Å²) in [7, 11) is 0. The Bertz CT molecular complexity index is 576. The summed E-state index contributed by atoms with van der Waals surface area (Å²) < 4.78 is 0. The van der Waals surface area contributed by atoms with Crippen molar-refractivity contribution in [2.45, 2.75) is 26.7 Å². The molecular formula is C15H20N2O2S2. The van der Waals surface area contributed by atoms with Gasteiger partial charge in [0.15, 0.2) is 0 Å². The number of amides is 1. The number of rotatable bonds is 7. The lowest BCUT2D eigenvalue weighted by Crippen LogP contribution is -2.25. The standard InChI is InChI=1S/C15H20N2O2S2/c1-15(2,10-18)5-3-6-16-13(19)12-8-17-14(21-12)11-4-7-20-9-11/h4,7-9,18H,3,5-6,10H2,1-2H3,(H,16,19). The summed E-state index contributed by atoms with van der Waals surface area (Å²) in [6.07, 6.45) is 3.37. The number of aromatic nitrogens is 1. The highest BCUT2D eigenvalue weighted by Gasteiger charge is 2.16. The van der Waals surface area contributed by atoms with Crippen molar-refractivity contribution in [3.63, 3.8) is 0 Å². The van der Waals surface area contributed by atoms with E-state index in [1.165, 1.54) is 11.3 Å². The fourth-order valence-electron chi connectivity index (χ4n) is 1.83. The zero-order valence-electron chi connectivity index (χ0n) is 12.3. The molecule has 1 amide bonds. The predicted octanol–water partition coefficient (Wildman–Crippen LogP) is 3.40. The van der Waals surface area contributed by atoms with Crippen molar-refractivity contribution in [1.82, 2.24) is 10.3 Å². The molecule has 114 valence electrons. The number of aliphatic hydroxyl groups excluding tert-OH is 1. The quantitative estimate of drug-likeness (QED) is 0.767. The molecule has 2 aromatic heterocycles. The molecule has 0 aliphatic rings. The monoisotopic (exact) mass is 324 g/mol. The molecule has 21 heavy (non-hydrogen) atoms. The average Bonchev–Trinajstić information content (AvgIpc) is 3.13. The summed E-state index contributed by atoms with van der Waals surface area (Å²) in [4.78, 5) is 17.0. The molecule has 0 aromatic carbocycles. The van der Waals surface area contributed by atoms with Crippen LogP contribution < -0.4 is 5.32 Å². The van der Waals surface area contributed by atoms with E-state index in [2.05, 4.69) is 10.3 Å². The lowest BCUT2D eigenvalue weighted by molar-refractivity contribution is 0.0952. The Labute approximate surface area is 132 Å². The minimum absolute atomic E-state index is 0.0733. The van der Waals surface area contributed by atoms with Crippen LogP contribution in [0.5, 0.6) is 0 Å². The van der Waals surface area contributed by atoms with Gasteiger partial charge < -0.3 is 10.4 Å². The highest BCUT2D eigenvalue weighted by molar-refractivity contribution is 7.17. The van der Waals surface area contributed by atoms with E-state index in [4.69, 9.17) is 0 Å². The van der Waals surface area contributed by atoms with Crippen LogP contribution in [0, 0.1) is 5.41 Å². The number of aliphatic hydroxyl groups is 1. The number of carbonyl (C=O) groups is 1. The Morgan fingerprint density at radius 1 is 1.48 bits per heavy atom. The number of nitrogens with zero attached hydrogens (tertiary/aromatic N) is 1. The molecule has 0 bridgehead atoms. The van der Waals surface area contributed by atoms with E-state index in [9.17, 15) is 9.90 Å². The number of thiophene rings is 1. The van der Waals surface area contributed by atoms with Gasteiger partial charge in [-0.05, 0) is 29.7 Å². The third-order valence-corrected chi connectivity index (χ3v) is 4.97. The second-order valence-electron chi connectivity index (χ2n) is 5.72. The highest BCUT2D eigenvalue weighted by Crippen LogP contribution is 2.27. The molecule has 0 aliphatic heterocycles. The Morgan fingerprint density at radius 3 is 2.95 bits per heavy atom. The van der Waals surface area contributed by atoms with E-state index >= 15 is 0 Å². The number of nitrogens with one attached hydrogen (secondary N) is 1. The van der Waals surface area contributed by atoms with Crippen molar-refractivity contribution >= 4 is 28.6 Å². The molecule has 0 radical (unpaired) electrons. The first-order valence-electron chi connectivity index (χ1n) is 6.89. The van der Waals surface area contributed by atoms with E-state index in [0.717, 1.165) is 23.4 Å². The fourth-order valence-corrected chi connectivity index (χ4v) is 3.38. The smallest absolute Gasteiger partial charge is 0.263 e. The van der Waals surface area contributed by atoms with Crippen molar-refractivity contribution < 1.29 is 9.90 Å². The first kappa shape index (κ1) is 16.1. The number of carbonyl (C=O) groups excluding carboxylic acids is 1. The molecular weight excluding hydrogens is 304 g/mol. The van der Waals surface area contributed by atoms with Crippen molar-refractivity contribution in [3.05, 3.63) is 27.9 Å². The highest BCUT2D eigenvalue weighted by atomic mass is 32.1. The van der Waals surface area contributed by atoms with Crippen molar-refractivity contribution in [2.24, 2.45) is 5.41 Å². The molecule has 4 nitrogen and oxygen atoms in total. The zero-order valence-corrected chi connectivity index (χ0v) is 13.9. The van der Waals surface area contributed by atoms with Crippen LogP contribution in [0.3, 0.4) is 0 Å². The van der Waals surface area contributed by atoms with Crippen molar-refractivity contribution in [3.8, 4) is 10.6 Å². The van der Waals surface area contributed by atoms with Crippen LogP contribution in [-0.4, -0.2) is 29.1 Å². The molecule has 0 atom stereocenters. The normalized spacial score (nSPS) is 11.6. The van der Waals surface area contributed by atoms with Crippen LogP contribution in [0.25, 0.3) is 10.6 Å². The van der Waals surface area contributed by atoms with Gasteiger partial charge in [0.2, 0.25) is 0 Å². The first-order valence-corrected chi connectivity index (χ1v) is 8.65. The summed E-state index contributed by atoms with van der Waals surface area (Å²) in [6.45, 7) is 4.82. The second kappa shape index (κ2) is 7.15. The minimum Gasteiger partial charge on any atom is -0.396 e. The third-order valence-electron chi connectivity index (χ3n) is 3.24. The summed E-state index contributed by atoms with van der Waals surface area (Å²) in [6, 6.07) is 2.00. The summed E-state index contributed by atoms with van der Waals surface area (Å²) in [5.41, 5.74) is 0.982. The van der Waals surface area contributed by atoms with Crippen LogP contribution in [0.1, 0.15) is 36.4 Å². The Balaban J connectivity index is 1.82. The number of hydrogen-bond acceptors (Lipinski definition) is 5. The predicted molar refractivity (Wildman–Crippen MR) is 87.9 cm³/mol. The number of thiazole rings is 1. The molecule has 0 unspecified atom stereocenters. The molecule has 6 heteroatoms. The molecule has 2 N–H and O–H groups in total. The first-order chi connectivity index (χ1) is 10.0. The molecule has 0 saturated carbocycles. The Morgan fingerprint density at radius 2 is 2.29 bits per heavy atom. The summed E-state index contributed by atoms with van der Waals surface area (Å²) in [5, 5.41) is 17.0. The van der Waals surface area contributed by atoms with Crippen LogP contribution in [-0.2, 0) is 0 Å². The largest absolute Gasteiger partial charge is 0.396 e. The van der Waals surface area contributed by atoms with E-state index in [1.54, 1.807) is 17.5 Å². The van der Waals surface area contributed by atoms with E-state index in [-0.39, 0.29) is 17.9 Å². The van der Waals surface area contributed by atoms with Gasteiger partial charge in [0.1, 0.15) is 9.88 Å². The maximum absolute atomic E-state index is 12.0. The second-order valence-corrected chi connectivity index (χ2v) is 7.53. The van der Waals surface area contributed by atoms with Gasteiger partial charge in [-0.3, -0.25) is 4.79 Å².